The van der Waals surface area contributed by atoms with E-state index in [9.17, 15) is 4.39 Å². The van der Waals surface area contributed by atoms with Gasteiger partial charge >= 0.3 is 0 Å². The first kappa shape index (κ1) is 15.5. The molecule has 1 heteroatoms. The third-order valence-electron chi connectivity index (χ3n) is 4.76. The first-order valence-electron chi connectivity index (χ1n) is 7.29. The van der Waals surface area contributed by atoms with Gasteiger partial charge in [-0.05, 0) is 68.6 Å². The maximum atomic E-state index is 10.8. The molecule has 0 N–H and O–H groups in total. The first-order valence-corrected chi connectivity index (χ1v) is 7.29. The van der Waals surface area contributed by atoms with Crippen molar-refractivity contribution in [2.75, 3.05) is 0 Å². The molecule has 2 aliphatic carbocycles. The van der Waals surface area contributed by atoms with Gasteiger partial charge in [-0.25, -0.2) is 4.39 Å². The van der Waals surface area contributed by atoms with Gasteiger partial charge in [0.05, 0.1) is 5.83 Å². The van der Waals surface area contributed by atoms with E-state index in [1.54, 1.807) is 0 Å². The van der Waals surface area contributed by atoms with Gasteiger partial charge < -0.3 is 0 Å². The maximum Gasteiger partial charge on any atom is 0.0897 e. The van der Waals surface area contributed by atoms with Crippen LogP contribution in [0.1, 0.15) is 59.3 Å². The van der Waals surface area contributed by atoms with Crippen molar-refractivity contribution in [2.24, 2.45) is 23.2 Å². The van der Waals surface area contributed by atoms with Crippen LogP contribution in [0.5, 0.6) is 0 Å². The second-order valence-corrected chi connectivity index (χ2v) is 6.74. The normalized spacial score (nSPS) is 38.3. The Balaban J connectivity index is 0.000000357. The SMILES string of the molecule is C=C(C)F.C=CCC1(C)CCC2CC(C)CC1C2. The topological polar surface area (TPSA) is 0 Å². The monoisotopic (exact) mass is 252 g/mol. The van der Waals surface area contributed by atoms with Crippen LogP contribution in [0.4, 0.5) is 4.39 Å². The van der Waals surface area contributed by atoms with Crippen LogP contribution in [0.15, 0.2) is 25.1 Å². The molecule has 0 aliphatic heterocycles. The zero-order valence-corrected chi connectivity index (χ0v) is 12.3. The van der Waals surface area contributed by atoms with Crippen LogP contribution >= 0.6 is 0 Å². The summed E-state index contributed by atoms with van der Waals surface area (Å²) in [7, 11) is 0. The zero-order valence-electron chi connectivity index (χ0n) is 12.3. The summed E-state index contributed by atoms with van der Waals surface area (Å²) in [5.74, 6) is 2.69. The Hall–Kier alpha value is -0.590. The number of hydrogen-bond donors (Lipinski definition) is 0. The lowest BCUT2D eigenvalue weighted by Gasteiger charge is -2.49. The molecule has 0 radical (unpaired) electrons. The molecular formula is C17H29F. The smallest absolute Gasteiger partial charge is 0.0897 e. The largest absolute Gasteiger partial charge is 0.213 e. The number of fused-ring (bicyclic) bond motifs is 2. The first-order chi connectivity index (χ1) is 8.37. The Morgan fingerprint density at radius 2 is 2.00 bits per heavy atom. The molecule has 104 valence electrons. The van der Waals surface area contributed by atoms with E-state index in [-0.39, 0.29) is 5.83 Å². The second kappa shape index (κ2) is 6.54. The average molecular weight is 252 g/mol. The summed E-state index contributed by atoms with van der Waals surface area (Å²) in [6.45, 7) is 13.1. The predicted octanol–water partition coefficient (Wildman–Crippen LogP) is 5.90. The second-order valence-electron chi connectivity index (χ2n) is 6.74. The minimum atomic E-state index is -0.333. The van der Waals surface area contributed by atoms with Crippen molar-refractivity contribution < 1.29 is 4.39 Å². The van der Waals surface area contributed by atoms with E-state index in [0.29, 0.717) is 5.41 Å². The number of allylic oxidation sites excluding steroid dienone is 2. The molecule has 0 spiro atoms. The lowest BCUT2D eigenvalue weighted by Crippen LogP contribution is -2.38. The van der Waals surface area contributed by atoms with Gasteiger partial charge in [-0.2, -0.15) is 0 Å². The van der Waals surface area contributed by atoms with Crippen LogP contribution in [0, 0.1) is 23.2 Å². The average Bonchev–Trinajstić information content (AvgIpc) is 2.24. The van der Waals surface area contributed by atoms with Gasteiger partial charge in [0.1, 0.15) is 0 Å². The summed E-state index contributed by atoms with van der Waals surface area (Å²) in [5, 5.41) is 0. The van der Waals surface area contributed by atoms with Gasteiger partial charge in [-0.15, -0.1) is 6.58 Å². The summed E-state index contributed by atoms with van der Waals surface area (Å²) in [4.78, 5) is 0. The summed E-state index contributed by atoms with van der Waals surface area (Å²) < 4.78 is 10.8. The predicted molar refractivity (Wildman–Crippen MR) is 78.1 cm³/mol. The fraction of sp³-hybridized carbons (Fsp3) is 0.765. The molecule has 0 aromatic rings. The summed E-state index contributed by atoms with van der Waals surface area (Å²) in [6, 6.07) is 0. The molecule has 0 nitrogen and oxygen atoms in total. The molecule has 2 bridgehead atoms. The van der Waals surface area contributed by atoms with Gasteiger partial charge in [0.25, 0.3) is 0 Å². The summed E-state index contributed by atoms with van der Waals surface area (Å²) in [5.41, 5.74) is 0.590. The van der Waals surface area contributed by atoms with Gasteiger partial charge in [0.15, 0.2) is 0 Å². The third-order valence-corrected chi connectivity index (χ3v) is 4.76. The lowest BCUT2D eigenvalue weighted by atomic mass is 9.56. The van der Waals surface area contributed by atoms with Gasteiger partial charge in [0, 0.05) is 0 Å². The molecule has 18 heavy (non-hydrogen) atoms. The Labute approximate surface area is 112 Å². The van der Waals surface area contributed by atoms with E-state index in [4.69, 9.17) is 0 Å². The molecule has 4 atom stereocenters. The highest BCUT2D eigenvalue weighted by Crippen LogP contribution is 2.53. The number of halogens is 1. The Bertz CT molecular complexity index is 288. The molecule has 2 saturated carbocycles. The molecular weight excluding hydrogens is 223 g/mol. The van der Waals surface area contributed by atoms with Crippen molar-refractivity contribution >= 4 is 0 Å². The van der Waals surface area contributed by atoms with Crippen LogP contribution in [0.2, 0.25) is 0 Å². The van der Waals surface area contributed by atoms with Crippen LogP contribution < -0.4 is 0 Å². The molecule has 2 fully saturated rings. The highest BCUT2D eigenvalue weighted by Gasteiger charge is 2.42. The zero-order chi connectivity index (χ0) is 13.8. The molecule has 0 aromatic heterocycles. The number of rotatable bonds is 2. The van der Waals surface area contributed by atoms with Crippen LogP contribution in [-0.4, -0.2) is 0 Å². The van der Waals surface area contributed by atoms with Crippen molar-refractivity contribution in [3.8, 4) is 0 Å². The fourth-order valence-corrected chi connectivity index (χ4v) is 3.89. The van der Waals surface area contributed by atoms with Crippen LogP contribution in [0.25, 0.3) is 0 Å². The van der Waals surface area contributed by atoms with E-state index in [0.717, 1.165) is 17.8 Å². The molecule has 0 amide bonds. The fourth-order valence-electron chi connectivity index (χ4n) is 3.89. The van der Waals surface area contributed by atoms with Gasteiger partial charge in [-0.1, -0.05) is 26.5 Å². The number of hydrogen-bond acceptors (Lipinski definition) is 0. The van der Waals surface area contributed by atoms with Crippen LogP contribution in [-0.2, 0) is 0 Å². The molecule has 2 rings (SSSR count). The standard InChI is InChI=1S/C14H24.C3H5F/c1-4-6-14(3)7-5-12-8-11(2)9-13(14)10-12;1-3(2)4/h4,11-13H,1,5-10H2,2-3H3;1H2,2H3. The van der Waals surface area contributed by atoms with Crippen molar-refractivity contribution in [3.63, 3.8) is 0 Å². The van der Waals surface area contributed by atoms with E-state index < -0.39 is 0 Å². The van der Waals surface area contributed by atoms with Crippen molar-refractivity contribution in [3.05, 3.63) is 25.1 Å². The molecule has 2 aliphatic rings. The van der Waals surface area contributed by atoms with Gasteiger partial charge in [0.2, 0.25) is 0 Å². The van der Waals surface area contributed by atoms with Crippen molar-refractivity contribution in [2.45, 2.75) is 59.3 Å². The van der Waals surface area contributed by atoms with Crippen molar-refractivity contribution in [1.82, 2.24) is 0 Å². The van der Waals surface area contributed by atoms with Crippen LogP contribution in [0.3, 0.4) is 0 Å². The summed E-state index contributed by atoms with van der Waals surface area (Å²) >= 11 is 0. The molecule has 0 aromatic carbocycles. The third kappa shape index (κ3) is 4.26. The van der Waals surface area contributed by atoms with Crippen molar-refractivity contribution in [1.29, 1.82) is 0 Å². The lowest BCUT2D eigenvalue weighted by molar-refractivity contribution is 0.0217. The summed E-state index contributed by atoms with van der Waals surface area (Å²) in [6.07, 6.45) is 10.8. The van der Waals surface area contributed by atoms with E-state index in [1.807, 2.05) is 0 Å². The minimum absolute atomic E-state index is 0.333. The Kier molecular flexibility index (Phi) is 5.62. The Morgan fingerprint density at radius 3 is 2.56 bits per heavy atom. The van der Waals surface area contributed by atoms with E-state index in [2.05, 4.69) is 33.1 Å². The molecule has 0 saturated heterocycles. The quantitative estimate of drug-likeness (QED) is 0.536. The van der Waals surface area contributed by atoms with E-state index >= 15 is 0 Å². The van der Waals surface area contributed by atoms with Gasteiger partial charge in [-0.3, -0.25) is 0 Å². The molecule has 0 heterocycles. The van der Waals surface area contributed by atoms with E-state index in [1.165, 1.54) is 45.4 Å². The highest BCUT2D eigenvalue weighted by molar-refractivity contribution is 4.96. The molecule has 4 unspecified atom stereocenters. The highest BCUT2D eigenvalue weighted by atomic mass is 19.1. The maximum absolute atomic E-state index is 10.8. The minimum Gasteiger partial charge on any atom is -0.213 e. The Morgan fingerprint density at radius 1 is 1.39 bits per heavy atom.